The fourth-order valence-corrected chi connectivity index (χ4v) is 3.55. The number of carbonyl (C=O) groups is 1. The molecule has 0 aliphatic heterocycles. The summed E-state index contributed by atoms with van der Waals surface area (Å²) in [7, 11) is -1.76. The highest BCUT2D eigenvalue weighted by Gasteiger charge is 2.17. The third-order valence-electron chi connectivity index (χ3n) is 4.31. The fourth-order valence-electron chi connectivity index (χ4n) is 2.71. The Morgan fingerprint density at radius 1 is 1.07 bits per heavy atom. The van der Waals surface area contributed by atoms with E-state index in [4.69, 9.17) is 4.74 Å². The molecule has 6 nitrogen and oxygen atoms in total. The molecule has 27 heavy (non-hydrogen) atoms. The number of aryl methyl sites for hydroxylation is 1. The van der Waals surface area contributed by atoms with Crippen molar-refractivity contribution in [3.63, 3.8) is 0 Å². The van der Waals surface area contributed by atoms with Crippen LogP contribution in [0, 0.1) is 6.92 Å². The van der Waals surface area contributed by atoms with E-state index in [0.29, 0.717) is 18.5 Å². The smallest absolute Gasteiger partial charge is 0.251 e. The zero-order valence-corrected chi connectivity index (χ0v) is 16.8. The van der Waals surface area contributed by atoms with Gasteiger partial charge in [-0.15, -0.1) is 0 Å². The Hall–Kier alpha value is -2.38. The Labute approximate surface area is 161 Å². The summed E-state index contributed by atoms with van der Waals surface area (Å²) in [6.07, 6.45) is 1.77. The maximum atomic E-state index is 12.2. The predicted octanol–water partition coefficient (Wildman–Crippen LogP) is 2.24. The lowest BCUT2D eigenvalue weighted by atomic mass is 10.1. The lowest BCUT2D eigenvalue weighted by molar-refractivity contribution is 0.0951. The summed E-state index contributed by atoms with van der Waals surface area (Å²) in [5, 5.41) is 2.79. The molecule has 7 heteroatoms. The summed E-state index contributed by atoms with van der Waals surface area (Å²) in [6.45, 7) is 2.70. The average molecular weight is 391 g/mol. The zero-order chi connectivity index (χ0) is 19.9. The van der Waals surface area contributed by atoms with Crippen LogP contribution in [-0.2, 0) is 16.4 Å². The number of hydrogen-bond acceptors (Lipinski definition) is 4. The van der Waals surface area contributed by atoms with Crippen LogP contribution >= 0.6 is 0 Å². The predicted molar refractivity (Wildman–Crippen MR) is 107 cm³/mol. The number of amides is 1. The number of sulfonamides is 1. The Bertz CT molecular complexity index is 864. The van der Waals surface area contributed by atoms with Crippen LogP contribution in [0.25, 0.3) is 0 Å². The van der Waals surface area contributed by atoms with E-state index >= 15 is 0 Å². The van der Waals surface area contributed by atoms with Crippen LogP contribution in [0.1, 0.15) is 21.5 Å². The molecular formula is C20H26N2O4S. The molecule has 0 unspecified atom stereocenters. The summed E-state index contributed by atoms with van der Waals surface area (Å²) in [6, 6.07) is 14.8. The van der Waals surface area contributed by atoms with Gasteiger partial charge in [-0.05, 0) is 42.7 Å². The van der Waals surface area contributed by atoms with Crippen LogP contribution in [0.15, 0.2) is 48.5 Å². The summed E-state index contributed by atoms with van der Waals surface area (Å²) >= 11 is 0. The van der Waals surface area contributed by atoms with Gasteiger partial charge in [0, 0.05) is 25.2 Å². The first-order valence-corrected chi connectivity index (χ1v) is 10.6. The Morgan fingerprint density at radius 3 is 2.33 bits per heavy atom. The highest BCUT2D eigenvalue weighted by Crippen LogP contribution is 2.12. The van der Waals surface area contributed by atoms with E-state index in [1.165, 1.54) is 10.6 Å². The van der Waals surface area contributed by atoms with Crippen LogP contribution in [0.4, 0.5) is 0 Å². The van der Waals surface area contributed by atoms with Gasteiger partial charge in [0.15, 0.2) is 0 Å². The topological polar surface area (TPSA) is 75.7 Å². The van der Waals surface area contributed by atoms with Crippen molar-refractivity contribution in [2.45, 2.75) is 13.3 Å². The van der Waals surface area contributed by atoms with E-state index in [1.54, 1.807) is 19.2 Å². The molecule has 0 fully saturated rings. The molecule has 2 aromatic rings. The molecule has 0 aromatic heterocycles. The van der Waals surface area contributed by atoms with E-state index in [-0.39, 0.29) is 19.0 Å². The highest BCUT2D eigenvalue weighted by atomic mass is 32.2. The number of nitrogens with zero attached hydrogens (tertiary/aromatic N) is 1. The first kappa shape index (κ1) is 20.9. The molecule has 0 saturated heterocycles. The lowest BCUT2D eigenvalue weighted by Crippen LogP contribution is -2.39. The standard InChI is InChI=1S/C20H26N2O4S/c1-16-6-4-5-7-19(16)20(23)21-13-15-22(27(3,24)25)14-12-17-8-10-18(26-2)11-9-17/h4-11H,12-15H2,1-3H3,(H,21,23). The minimum absolute atomic E-state index is 0.197. The molecule has 0 aliphatic carbocycles. The van der Waals surface area contributed by atoms with Gasteiger partial charge in [0.25, 0.3) is 5.91 Å². The van der Waals surface area contributed by atoms with Crippen molar-refractivity contribution in [3.8, 4) is 5.75 Å². The number of carbonyl (C=O) groups excluding carboxylic acids is 1. The number of nitrogens with one attached hydrogen (secondary N) is 1. The van der Waals surface area contributed by atoms with Crippen LogP contribution < -0.4 is 10.1 Å². The molecule has 1 amide bonds. The zero-order valence-electron chi connectivity index (χ0n) is 15.9. The van der Waals surface area contributed by atoms with Gasteiger partial charge < -0.3 is 10.1 Å². The second-order valence-electron chi connectivity index (χ2n) is 6.33. The molecule has 0 radical (unpaired) electrons. The van der Waals surface area contributed by atoms with Crippen molar-refractivity contribution in [1.82, 2.24) is 9.62 Å². The summed E-state index contributed by atoms with van der Waals surface area (Å²) in [4.78, 5) is 12.2. The second kappa shape index (κ2) is 9.53. The molecule has 0 heterocycles. The van der Waals surface area contributed by atoms with Gasteiger partial charge in [-0.2, -0.15) is 0 Å². The van der Waals surface area contributed by atoms with Gasteiger partial charge in [-0.3, -0.25) is 4.79 Å². The van der Waals surface area contributed by atoms with Crippen LogP contribution in [-0.4, -0.2) is 51.6 Å². The quantitative estimate of drug-likeness (QED) is 0.712. The molecule has 1 N–H and O–H groups in total. The molecule has 0 spiro atoms. The van der Waals surface area contributed by atoms with Crippen LogP contribution in [0.5, 0.6) is 5.75 Å². The SMILES string of the molecule is COc1ccc(CCN(CCNC(=O)c2ccccc2C)S(C)(=O)=O)cc1. The van der Waals surface area contributed by atoms with E-state index in [2.05, 4.69) is 5.32 Å². The van der Waals surface area contributed by atoms with Crippen molar-refractivity contribution >= 4 is 15.9 Å². The minimum Gasteiger partial charge on any atom is -0.497 e. The van der Waals surface area contributed by atoms with E-state index in [9.17, 15) is 13.2 Å². The molecule has 0 aliphatic rings. The Kier molecular flexibility index (Phi) is 7.38. The molecule has 2 aromatic carbocycles. The van der Waals surface area contributed by atoms with E-state index in [0.717, 1.165) is 16.9 Å². The van der Waals surface area contributed by atoms with Gasteiger partial charge >= 0.3 is 0 Å². The van der Waals surface area contributed by atoms with Gasteiger partial charge in [-0.1, -0.05) is 30.3 Å². The molecule has 0 bridgehead atoms. The summed E-state index contributed by atoms with van der Waals surface area (Å²) < 4.78 is 30.6. The second-order valence-corrected chi connectivity index (χ2v) is 8.31. The van der Waals surface area contributed by atoms with Crippen LogP contribution in [0.2, 0.25) is 0 Å². The van der Waals surface area contributed by atoms with Gasteiger partial charge in [-0.25, -0.2) is 12.7 Å². The minimum atomic E-state index is -3.36. The van der Waals surface area contributed by atoms with Crippen molar-refractivity contribution in [3.05, 3.63) is 65.2 Å². The van der Waals surface area contributed by atoms with Gasteiger partial charge in [0.1, 0.15) is 5.75 Å². The third kappa shape index (κ3) is 6.37. The molecular weight excluding hydrogens is 364 g/mol. The molecule has 0 atom stereocenters. The number of methoxy groups -OCH3 is 1. The monoisotopic (exact) mass is 390 g/mol. The number of ether oxygens (including phenoxy) is 1. The maximum Gasteiger partial charge on any atom is 0.251 e. The Balaban J connectivity index is 1.90. The normalized spacial score (nSPS) is 11.4. The molecule has 2 rings (SSSR count). The fraction of sp³-hybridized carbons (Fsp3) is 0.350. The van der Waals surface area contributed by atoms with Crippen molar-refractivity contribution in [1.29, 1.82) is 0 Å². The van der Waals surface area contributed by atoms with Gasteiger partial charge in [0.2, 0.25) is 10.0 Å². The van der Waals surface area contributed by atoms with E-state index in [1.807, 2.05) is 43.3 Å². The van der Waals surface area contributed by atoms with Crippen molar-refractivity contribution in [2.24, 2.45) is 0 Å². The third-order valence-corrected chi connectivity index (χ3v) is 5.62. The molecule has 0 saturated carbocycles. The van der Waals surface area contributed by atoms with Gasteiger partial charge in [0.05, 0.1) is 13.4 Å². The van der Waals surface area contributed by atoms with Crippen LogP contribution in [0.3, 0.4) is 0 Å². The maximum absolute atomic E-state index is 12.2. The lowest BCUT2D eigenvalue weighted by Gasteiger charge is -2.20. The summed E-state index contributed by atoms with van der Waals surface area (Å²) in [5.41, 5.74) is 2.50. The average Bonchev–Trinajstić information content (AvgIpc) is 2.64. The number of benzene rings is 2. The Morgan fingerprint density at radius 2 is 1.74 bits per heavy atom. The number of hydrogen-bond donors (Lipinski definition) is 1. The molecule has 146 valence electrons. The van der Waals surface area contributed by atoms with Crippen molar-refractivity contribution in [2.75, 3.05) is 33.0 Å². The number of rotatable bonds is 9. The van der Waals surface area contributed by atoms with E-state index < -0.39 is 10.0 Å². The highest BCUT2D eigenvalue weighted by molar-refractivity contribution is 7.88. The van der Waals surface area contributed by atoms with Crippen molar-refractivity contribution < 1.29 is 17.9 Å². The summed E-state index contributed by atoms with van der Waals surface area (Å²) in [5.74, 6) is 0.564. The first-order chi connectivity index (χ1) is 12.8. The largest absolute Gasteiger partial charge is 0.497 e. The first-order valence-electron chi connectivity index (χ1n) is 8.73.